The molecule has 0 atom stereocenters. The third-order valence-electron chi connectivity index (χ3n) is 3.41. The minimum Gasteiger partial charge on any atom is -0.361 e. The van der Waals surface area contributed by atoms with Crippen molar-refractivity contribution in [3.63, 3.8) is 0 Å². The summed E-state index contributed by atoms with van der Waals surface area (Å²) in [5.74, 6) is 3.77. The van der Waals surface area contributed by atoms with Crippen LogP contribution >= 0.6 is 0 Å². The Hall–Kier alpha value is -1.58. The molecule has 4 heteroatoms. The first kappa shape index (κ1) is 18.5. The van der Waals surface area contributed by atoms with Crippen molar-refractivity contribution in [1.82, 2.24) is 10.3 Å². The fourth-order valence-corrected chi connectivity index (χ4v) is 1.70. The maximum atomic E-state index is 5.14. The third-order valence-corrected chi connectivity index (χ3v) is 3.41. The van der Waals surface area contributed by atoms with Crippen LogP contribution in [0.4, 0.5) is 0 Å². The monoisotopic (exact) mass is 306 g/mol. The molecule has 0 aromatic carbocycles. The predicted octanol–water partition coefficient (Wildman–Crippen LogP) is 5.84. The molecular weight excluding hydrogens is 276 g/mol. The highest BCUT2D eigenvalue weighted by molar-refractivity contribution is 5.11. The van der Waals surface area contributed by atoms with Crippen molar-refractivity contribution in [2.24, 2.45) is 0 Å². The second-order valence-electron chi connectivity index (χ2n) is 6.93. The van der Waals surface area contributed by atoms with Crippen LogP contribution in [-0.2, 0) is 0 Å². The van der Waals surface area contributed by atoms with Crippen LogP contribution in [0.5, 0.6) is 0 Å². The molecule has 0 saturated heterocycles. The lowest BCUT2D eigenvalue weighted by Crippen LogP contribution is -1.85. The Morgan fingerprint density at radius 2 is 0.909 bits per heavy atom. The fraction of sp³-hybridized carbons (Fsp3) is 0.667. The molecule has 0 bridgehead atoms. The van der Waals surface area contributed by atoms with Gasteiger partial charge in [-0.2, -0.15) is 0 Å². The van der Waals surface area contributed by atoms with Gasteiger partial charge in [-0.1, -0.05) is 65.7 Å². The SMILES string of the molecule is CC(C)c1cc(C(C)C)on1.CC(C)c1cc(C(C)C)on1. The zero-order valence-electron chi connectivity index (χ0n) is 15.2. The number of hydrogen-bond donors (Lipinski definition) is 0. The summed E-state index contributed by atoms with van der Waals surface area (Å²) in [5, 5.41) is 7.92. The molecule has 0 unspecified atom stereocenters. The van der Waals surface area contributed by atoms with Crippen molar-refractivity contribution in [2.45, 2.75) is 79.1 Å². The molecule has 0 aliphatic rings. The molecule has 0 fully saturated rings. The van der Waals surface area contributed by atoms with Crippen LogP contribution in [0.15, 0.2) is 21.2 Å². The highest BCUT2D eigenvalue weighted by Gasteiger charge is 2.10. The molecule has 124 valence electrons. The highest BCUT2D eigenvalue weighted by atomic mass is 16.5. The smallest absolute Gasteiger partial charge is 0.139 e. The summed E-state index contributed by atoms with van der Waals surface area (Å²) in [6.45, 7) is 16.9. The predicted molar refractivity (Wildman–Crippen MR) is 89.4 cm³/mol. The van der Waals surface area contributed by atoms with Crippen LogP contribution < -0.4 is 0 Å². The van der Waals surface area contributed by atoms with E-state index in [0.717, 1.165) is 22.9 Å². The Bertz CT molecular complexity index is 456. The average molecular weight is 306 g/mol. The van der Waals surface area contributed by atoms with Gasteiger partial charge in [0.15, 0.2) is 0 Å². The van der Waals surface area contributed by atoms with Gasteiger partial charge < -0.3 is 9.05 Å². The van der Waals surface area contributed by atoms with E-state index in [9.17, 15) is 0 Å². The third kappa shape index (κ3) is 5.32. The molecule has 2 heterocycles. The molecule has 22 heavy (non-hydrogen) atoms. The highest BCUT2D eigenvalue weighted by Crippen LogP contribution is 2.20. The maximum absolute atomic E-state index is 5.14. The molecule has 0 radical (unpaired) electrons. The van der Waals surface area contributed by atoms with E-state index in [1.807, 2.05) is 12.1 Å². The summed E-state index contributed by atoms with van der Waals surface area (Å²) in [4.78, 5) is 0. The lowest BCUT2D eigenvalue weighted by molar-refractivity contribution is 0.363. The Morgan fingerprint density at radius 1 is 0.591 bits per heavy atom. The van der Waals surface area contributed by atoms with Gasteiger partial charge in [0.2, 0.25) is 0 Å². The van der Waals surface area contributed by atoms with Crippen LogP contribution in [0.1, 0.15) is 102 Å². The number of aromatic nitrogens is 2. The Labute approximate surface area is 134 Å². The van der Waals surface area contributed by atoms with Gasteiger partial charge in [0.25, 0.3) is 0 Å². The Kier molecular flexibility index (Phi) is 6.85. The largest absolute Gasteiger partial charge is 0.361 e. The Balaban J connectivity index is 0.000000220. The van der Waals surface area contributed by atoms with Gasteiger partial charge >= 0.3 is 0 Å². The Morgan fingerprint density at radius 3 is 1.05 bits per heavy atom. The molecule has 0 N–H and O–H groups in total. The van der Waals surface area contributed by atoms with Gasteiger partial charge in [0, 0.05) is 24.0 Å². The molecule has 2 rings (SSSR count). The van der Waals surface area contributed by atoms with E-state index in [-0.39, 0.29) is 0 Å². The summed E-state index contributed by atoms with van der Waals surface area (Å²) in [6, 6.07) is 4.07. The van der Waals surface area contributed by atoms with Crippen molar-refractivity contribution in [1.29, 1.82) is 0 Å². The first-order chi connectivity index (χ1) is 10.2. The number of rotatable bonds is 4. The van der Waals surface area contributed by atoms with E-state index in [1.54, 1.807) is 0 Å². The van der Waals surface area contributed by atoms with Crippen LogP contribution in [-0.4, -0.2) is 10.3 Å². The second kappa shape index (κ2) is 8.16. The number of hydrogen-bond acceptors (Lipinski definition) is 4. The van der Waals surface area contributed by atoms with Crippen molar-refractivity contribution in [3.8, 4) is 0 Å². The maximum Gasteiger partial charge on any atom is 0.139 e. The van der Waals surface area contributed by atoms with Crippen molar-refractivity contribution in [2.75, 3.05) is 0 Å². The zero-order chi connectivity index (χ0) is 16.9. The van der Waals surface area contributed by atoms with Gasteiger partial charge in [0.05, 0.1) is 11.4 Å². The van der Waals surface area contributed by atoms with Crippen LogP contribution in [0.2, 0.25) is 0 Å². The van der Waals surface area contributed by atoms with E-state index in [2.05, 4.69) is 65.7 Å². The van der Waals surface area contributed by atoms with Gasteiger partial charge in [0.1, 0.15) is 11.5 Å². The zero-order valence-corrected chi connectivity index (χ0v) is 15.2. The molecule has 0 spiro atoms. The molecule has 4 nitrogen and oxygen atoms in total. The molecule has 0 aliphatic carbocycles. The molecule has 0 aliphatic heterocycles. The van der Waals surface area contributed by atoms with Crippen LogP contribution in [0.25, 0.3) is 0 Å². The second-order valence-corrected chi connectivity index (χ2v) is 6.93. The lowest BCUT2D eigenvalue weighted by atomic mass is 10.1. The van der Waals surface area contributed by atoms with Gasteiger partial charge in [-0.25, -0.2) is 0 Å². The molecule has 0 amide bonds. The quantitative estimate of drug-likeness (QED) is 0.711. The van der Waals surface area contributed by atoms with Gasteiger partial charge in [-0.3, -0.25) is 0 Å². The van der Waals surface area contributed by atoms with Crippen molar-refractivity contribution >= 4 is 0 Å². The topological polar surface area (TPSA) is 52.1 Å². The minimum absolute atomic E-state index is 0.440. The van der Waals surface area contributed by atoms with E-state index < -0.39 is 0 Å². The van der Waals surface area contributed by atoms with Crippen molar-refractivity contribution < 1.29 is 9.05 Å². The van der Waals surface area contributed by atoms with E-state index >= 15 is 0 Å². The standard InChI is InChI=1S/2C9H15NO/c2*1-6(2)8-5-9(7(3)4)11-10-8/h2*5-7H,1-4H3. The fourth-order valence-electron chi connectivity index (χ4n) is 1.70. The summed E-state index contributed by atoms with van der Waals surface area (Å²) >= 11 is 0. The average Bonchev–Trinajstić information content (AvgIpc) is 3.09. The van der Waals surface area contributed by atoms with Gasteiger partial charge in [-0.15, -0.1) is 0 Å². The van der Waals surface area contributed by atoms with E-state index in [1.165, 1.54) is 0 Å². The van der Waals surface area contributed by atoms with Crippen LogP contribution in [0.3, 0.4) is 0 Å². The first-order valence-electron chi connectivity index (χ1n) is 8.15. The normalized spacial score (nSPS) is 11.5. The van der Waals surface area contributed by atoms with E-state index in [0.29, 0.717) is 23.7 Å². The molecular formula is C18H30N2O2. The van der Waals surface area contributed by atoms with Gasteiger partial charge in [-0.05, 0) is 11.8 Å². The summed E-state index contributed by atoms with van der Waals surface area (Å²) in [6.07, 6.45) is 0. The van der Waals surface area contributed by atoms with E-state index in [4.69, 9.17) is 9.05 Å². The molecule has 0 saturated carbocycles. The first-order valence-corrected chi connectivity index (χ1v) is 8.15. The van der Waals surface area contributed by atoms with Crippen molar-refractivity contribution in [3.05, 3.63) is 35.0 Å². The minimum atomic E-state index is 0.440. The summed E-state index contributed by atoms with van der Waals surface area (Å²) in [7, 11) is 0. The number of nitrogens with zero attached hydrogens (tertiary/aromatic N) is 2. The molecule has 2 aromatic rings. The van der Waals surface area contributed by atoms with Crippen LogP contribution in [0, 0.1) is 0 Å². The lowest BCUT2D eigenvalue weighted by Gasteiger charge is -1.95. The molecule has 2 aromatic heterocycles. The summed E-state index contributed by atoms with van der Waals surface area (Å²) < 4.78 is 10.3. The summed E-state index contributed by atoms with van der Waals surface area (Å²) in [5.41, 5.74) is 2.10.